The number of hydrogen-bond donors (Lipinski definition) is 0. The van der Waals surface area contributed by atoms with Crippen LogP contribution in [0.1, 0.15) is 0 Å². The fraction of sp³-hybridized carbons (Fsp3) is 0.100. The second-order valence-electron chi connectivity index (χ2n) is 2.81. The van der Waals surface area contributed by atoms with Crippen LogP contribution in [0.15, 0.2) is 28.9 Å². The summed E-state index contributed by atoms with van der Waals surface area (Å²) in [5, 5.41) is 2.49. The molecule has 1 aromatic heterocycles. The Labute approximate surface area is 95.0 Å². The first-order valence-electron chi connectivity index (χ1n) is 4.00. The van der Waals surface area contributed by atoms with Gasteiger partial charge in [0, 0.05) is 15.2 Å². The molecular formula is C10H7BrClNO. The first-order chi connectivity index (χ1) is 6.72. The van der Waals surface area contributed by atoms with Crippen LogP contribution in [0.2, 0.25) is 5.02 Å². The van der Waals surface area contributed by atoms with Crippen molar-refractivity contribution >= 4 is 38.3 Å². The Hall–Kier alpha value is -0.800. The van der Waals surface area contributed by atoms with Gasteiger partial charge in [-0.3, -0.25) is 0 Å². The van der Waals surface area contributed by atoms with Crippen LogP contribution in [-0.2, 0) is 0 Å². The van der Waals surface area contributed by atoms with Crippen molar-refractivity contribution in [2.75, 3.05) is 7.11 Å². The molecule has 0 amide bonds. The summed E-state index contributed by atoms with van der Waals surface area (Å²) in [5.74, 6) is 0.589. The van der Waals surface area contributed by atoms with E-state index in [1.165, 1.54) is 0 Å². The van der Waals surface area contributed by atoms with Crippen molar-refractivity contribution in [2.45, 2.75) is 0 Å². The lowest BCUT2D eigenvalue weighted by atomic mass is 10.2. The van der Waals surface area contributed by atoms with E-state index in [1.54, 1.807) is 13.3 Å². The van der Waals surface area contributed by atoms with Gasteiger partial charge in [-0.1, -0.05) is 33.6 Å². The Kier molecular flexibility index (Phi) is 2.61. The fourth-order valence-electron chi connectivity index (χ4n) is 1.32. The van der Waals surface area contributed by atoms with Crippen molar-refractivity contribution in [3.8, 4) is 5.88 Å². The number of fused-ring (bicyclic) bond motifs is 1. The van der Waals surface area contributed by atoms with E-state index in [1.807, 2.05) is 18.2 Å². The third-order valence-electron chi connectivity index (χ3n) is 1.96. The molecule has 2 nitrogen and oxygen atoms in total. The Morgan fingerprint density at radius 1 is 1.36 bits per heavy atom. The molecule has 0 aliphatic heterocycles. The Morgan fingerprint density at radius 2 is 2.14 bits per heavy atom. The van der Waals surface area contributed by atoms with Crippen molar-refractivity contribution < 1.29 is 4.74 Å². The third kappa shape index (κ3) is 1.57. The zero-order chi connectivity index (χ0) is 10.1. The average molecular weight is 273 g/mol. The van der Waals surface area contributed by atoms with E-state index in [4.69, 9.17) is 16.3 Å². The second kappa shape index (κ2) is 3.75. The summed E-state index contributed by atoms with van der Waals surface area (Å²) in [6.07, 6.45) is 1.59. The van der Waals surface area contributed by atoms with Crippen LogP contribution >= 0.6 is 27.5 Å². The first kappa shape index (κ1) is 9.74. The first-order valence-corrected chi connectivity index (χ1v) is 5.17. The van der Waals surface area contributed by atoms with E-state index in [-0.39, 0.29) is 0 Å². The molecule has 0 spiro atoms. The third-order valence-corrected chi connectivity index (χ3v) is 2.75. The van der Waals surface area contributed by atoms with E-state index in [2.05, 4.69) is 20.9 Å². The standard InChI is InChI=1S/C10H7BrClNO/c1-14-10-8-4-6(11)2-3-7(8)9(12)5-13-10/h2-5H,1H3. The lowest BCUT2D eigenvalue weighted by Crippen LogP contribution is -1.89. The molecule has 2 rings (SSSR count). The summed E-state index contributed by atoms with van der Waals surface area (Å²) < 4.78 is 6.13. The van der Waals surface area contributed by atoms with Crippen LogP contribution in [0.4, 0.5) is 0 Å². The number of pyridine rings is 1. The molecule has 0 saturated heterocycles. The molecule has 2 aromatic rings. The minimum Gasteiger partial charge on any atom is -0.481 e. The predicted molar refractivity (Wildman–Crippen MR) is 61.0 cm³/mol. The number of nitrogens with zero attached hydrogens (tertiary/aromatic N) is 1. The van der Waals surface area contributed by atoms with Gasteiger partial charge in [-0.15, -0.1) is 0 Å². The maximum absolute atomic E-state index is 6.00. The molecule has 4 heteroatoms. The van der Waals surface area contributed by atoms with Crippen molar-refractivity contribution in [1.29, 1.82) is 0 Å². The zero-order valence-corrected chi connectivity index (χ0v) is 9.76. The van der Waals surface area contributed by atoms with Gasteiger partial charge in [-0.25, -0.2) is 4.98 Å². The quantitative estimate of drug-likeness (QED) is 0.790. The predicted octanol–water partition coefficient (Wildman–Crippen LogP) is 3.66. The summed E-state index contributed by atoms with van der Waals surface area (Å²) in [6, 6.07) is 5.81. The molecule has 0 aliphatic rings. The highest BCUT2D eigenvalue weighted by Gasteiger charge is 2.06. The molecule has 0 saturated carbocycles. The SMILES string of the molecule is COc1ncc(Cl)c2ccc(Br)cc12. The Balaban J connectivity index is 2.85. The van der Waals surface area contributed by atoms with E-state index < -0.39 is 0 Å². The van der Waals surface area contributed by atoms with E-state index >= 15 is 0 Å². The van der Waals surface area contributed by atoms with Gasteiger partial charge in [-0.2, -0.15) is 0 Å². The van der Waals surface area contributed by atoms with E-state index in [0.717, 1.165) is 15.2 Å². The average Bonchev–Trinajstić information content (AvgIpc) is 2.18. The largest absolute Gasteiger partial charge is 0.481 e. The summed E-state index contributed by atoms with van der Waals surface area (Å²) in [6.45, 7) is 0. The topological polar surface area (TPSA) is 22.1 Å². The molecule has 0 atom stereocenters. The van der Waals surface area contributed by atoms with E-state index in [0.29, 0.717) is 10.9 Å². The Morgan fingerprint density at radius 3 is 2.86 bits per heavy atom. The van der Waals surface area contributed by atoms with Crippen LogP contribution < -0.4 is 4.74 Å². The number of benzene rings is 1. The molecule has 1 aromatic carbocycles. The summed E-state index contributed by atoms with van der Waals surface area (Å²) >= 11 is 9.40. The van der Waals surface area contributed by atoms with Gasteiger partial charge in [0.05, 0.1) is 18.3 Å². The monoisotopic (exact) mass is 271 g/mol. The van der Waals surface area contributed by atoms with Gasteiger partial charge in [-0.05, 0) is 12.1 Å². The molecule has 0 bridgehead atoms. The molecule has 72 valence electrons. The highest BCUT2D eigenvalue weighted by molar-refractivity contribution is 9.10. The van der Waals surface area contributed by atoms with Crippen LogP contribution in [-0.4, -0.2) is 12.1 Å². The molecule has 0 aliphatic carbocycles. The molecule has 0 fully saturated rings. The summed E-state index contributed by atoms with van der Waals surface area (Å²) in [7, 11) is 1.59. The maximum atomic E-state index is 6.00. The van der Waals surface area contributed by atoms with Crippen LogP contribution in [0.25, 0.3) is 10.8 Å². The molecule has 1 heterocycles. The van der Waals surface area contributed by atoms with Crippen molar-refractivity contribution in [1.82, 2.24) is 4.98 Å². The molecule has 0 unspecified atom stereocenters. The van der Waals surface area contributed by atoms with Gasteiger partial charge >= 0.3 is 0 Å². The van der Waals surface area contributed by atoms with Crippen molar-refractivity contribution in [2.24, 2.45) is 0 Å². The fourth-order valence-corrected chi connectivity index (χ4v) is 1.89. The summed E-state index contributed by atoms with van der Waals surface area (Å²) in [5.41, 5.74) is 0. The van der Waals surface area contributed by atoms with Crippen LogP contribution in [0.3, 0.4) is 0 Å². The number of aromatic nitrogens is 1. The normalized spacial score (nSPS) is 10.5. The second-order valence-corrected chi connectivity index (χ2v) is 4.13. The zero-order valence-electron chi connectivity index (χ0n) is 7.42. The van der Waals surface area contributed by atoms with Crippen LogP contribution in [0.5, 0.6) is 5.88 Å². The minimum atomic E-state index is 0.589. The van der Waals surface area contributed by atoms with Gasteiger partial charge in [0.25, 0.3) is 0 Å². The van der Waals surface area contributed by atoms with Gasteiger partial charge in [0.1, 0.15) is 0 Å². The van der Waals surface area contributed by atoms with Crippen LogP contribution in [0, 0.1) is 0 Å². The molecule has 14 heavy (non-hydrogen) atoms. The smallest absolute Gasteiger partial charge is 0.221 e. The number of halogens is 2. The molecule has 0 N–H and O–H groups in total. The van der Waals surface area contributed by atoms with Crippen molar-refractivity contribution in [3.05, 3.63) is 33.9 Å². The number of rotatable bonds is 1. The van der Waals surface area contributed by atoms with Gasteiger partial charge < -0.3 is 4.74 Å². The summed E-state index contributed by atoms with van der Waals surface area (Å²) in [4.78, 5) is 4.09. The minimum absolute atomic E-state index is 0.589. The van der Waals surface area contributed by atoms with Crippen molar-refractivity contribution in [3.63, 3.8) is 0 Å². The van der Waals surface area contributed by atoms with Gasteiger partial charge in [0.15, 0.2) is 0 Å². The number of methoxy groups -OCH3 is 1. The number of hydrogen-bond acceptors (Lipinski definition) is 2. The Bertz CT molecular complexity index is 487. The van der Waals surface area contributed by atoms with Gasteiger partial charge in [0.2, 0.25) is 5.88 Å². The van der Waals surface area contributed by atoms with E-state index in [9.17, 15) is 0 Å². The number of ether oxygens (including phenoxy) is 1. The lowest BCUT2D eigenvalue weighted by Gasteiger charge is -2.05. The highest BCUT2D eigenvalue weighted by atomic mass is 79.9. The lowest BCUT2D eigenvalue weighted by molar-refractivity contribution is 0.403. The highest BCUT2D eigenvalue weighted by Crippen LogP contribution is 2.31. The molecular weight excluding hydrogens is 265 g/mol. The molecule has 0 radical (unpaired) electrons. The maximum Gasteiger partial charge on any atom is 0.221 e.